The standard InChI is InChI=1S/C13H17F3O2/c1-12(2,3)9-5-8(7-13(14,15)16)6-10(18-4)11(9)17/h5-6,17H,7H2,1-4H3. The predicted octanol–water partition coefficient (Wildman–Crippen LogP) is 3.80. The molecule has 0 heterocycles. The minimum atomic E-state index is -4.28. The van der Waals surface area contributed by atoms with Crippen LogP contribution in [0.5, 0.6) is 11.5 Å². The van der Waals surface area contributed by atoms with Gasteiger partial charge in [0.15, 0.2) is 11.5 Å². The normalized spacial score (nSPS) is 12.6. The second-order valence-electron chi connectivity index (χ2n) is 5.24. The van der Waals surface area contributed by atoms with Crippen LogP contribution in [0.15, 0.2) is 12.1 Å². The van der Waals surface area contributed by atoms with E-state index in [9.17, 15) is 18.3 Å². The molecule has 0 aliphatic carbocycles. The molecule has 0 spiro atoms. The second kappa shape index (κ2) is 4.71. The molecule has 0 aromatic heterocycles. The summed E-state index contributed by atoms with van der Waals surface area (Å²) in [6, 6.07) is 2.60. The molecule has 0 saturated heterocycles. The molecule has 0 aliphatic heterocycles. The number of rotatable bonds is 2. The van der Waals surface area contributed by atoms with Crippen LogP contribution in [0.4, 0.5) is 13.2 Å². The third-order valence-corrected chi connectivity index (χ3v) is 2.57. The van der Waals surface area contributed by atoms with Gasteiger partial charge in [-0.3, -0.25) is 0 Å². The summed E-state index contributed by atoms with van der Waals surface area (Å²) >= 11 is 0. The molecule has 1 aromatic rings. The summed E-state index contributed by atoms with van der Waals surface area (Å²) in [4.78, 5) is 0. The molecule has 2 nitrogen and oxygen atoms in total. The van der Waals surface area contributed by atoms with Crippen molar-refractivity contribution in [2.75, 3.05) is 7.11 Å². The molecule has 18 heavy (non-hydrogen) atoms. The number of halogens is 3. The SMILES string of the molecule is COc1cc(CC(F)(F)F)cc(C(C)(C)C)c1O. The number of hydrogen-bond acceptors (Lipinski definition) is 2. The number of alkyl halides is 3. The van der Waals surface area contributed by atoms with E-state index in [1.165, 1.54) is 19.2 Å². The Morgan fingerprint density at radius 2 is 1.72 bits per heavy atom. The zero-order valence-electron chi connectivity index (χ0n) is 10.9. The lowest BCUT2D eigenvalue weighted by Gasteiger charge is -2.23. The van der Waals surface area contributed by atoms with Crippen molar-refractivity contribution in [3.63, 3.8) is 0 Å². The number of phenolic OH excluding ortho intramolecular Hbond substituents is 1. The van der Waals surface area contributed by atoms with Crippen LogP contribution >= 0.6 is 0 Å². The van der Waals surface area contributed by atoms with Crippen LogP contribution in [0.25, 0.3) is 0 Å². The van der Waals surface area contributed by atoms with Crippen LogP contribution in [-0.4, -0.2) is 18.4 Å². The average Bonchev–Trinajstić information content (AvgIpc) is 2.16. The number of ether oxygens (including phenoxy) is 1. The highest BCUT2D eigenvalue weighted by Gasteiger charge is 2.30. The van der Waals surface area contributed by atoms with Crippen LogP contribution in [0.2, 0.25) is 0 Å². The first kappa shape index (κ1) is 14.7. The molecule has 0 atom stereocenters. The Morgan fingerprint density at radius 3 is 2.11 bits per heavy atom. The van der Waals surface area contributed by atoms with Crippen molar-refractivity contribution in [2.45, 2.75) is 38.8 Å². The number of aromatic hydroxyl groups is 1. The minimum absolute atomic E-state index is 0.0710. The maximum Gasteiger partial charge on any atom is 0.393 e. The lowest BCUT2D eigenvalue weighted by Crippen LogP contribution is -2.15. The molecule has 0 radical (unpaired) electrons. The second-order valence-corrected chi connectivity index (χ2v) is 5.24. The van der Waals surface area contributed by atoms with E-state index in [0.29, 0.717) is 5.56 Å². The molecule has 0 unspecified atom stereocenters. The fraction of sp³-hybridized carbons (Fsp3) is 0.538. The summed E-state index contributed by atoms with van der Waals surface area (Å²) in [7, 11) is 1.32. The Balaban J connectivity index is 3.31. The van der Waals surface area contributed by atoms with Crippen molar-refractivity contribution in [2.24, 2.45) is 0 Å². The first-order valence-corrected chi connectivity index (χ1v) is 5.51. The predicted molar refractivity (Wildman–Crippen MR) is 63.1 cm³/mol. The van der Waals surface area contributed by atoms with Crippen LogP contribution in [0.3, 0.4) is 0 Å². The van der Waals surface area contributed by atoms with Gasteiger partial charge >= 0.3 is 6.18 Å². The van der Waals surface area contributed by atoms with Gasteiger partial charge in [-0.1, -0.05) is 26.8 Å². The first-order chi connectivity index (χ1) is 8.04. The van der Waals surface area contributed by atoms with Gasteiger partial charge in [0.05, 0.1) is 13.5 Å². The summed E-state index contributed by atoms with van der Waals surface area (Å²) in [5.41, 5.74) is 0.0714. The number of hydrogen-bond donors (Lipinski definition) is 1. The van der Waals surface area contributed by atoms with E-state index in [2.05, 4.69) is 0 Å². The molecule has 0 aliphatic rings. The molecule has 1 N–H and O–H groups in total. The molecule has 5 heteroatoms. The number of phenols is 1. The third kappa shape index (κ3) is 3.55. The van der Waals surface area contributed by atoms with Gasteiger partial charge in [-0.2, -0.15) is 13.2 Å². The topological polar surface area (TPSA) is 29.5 Å². The summed E-state index contributed by atoms with van der Waals surface area (Å²) < 4.78 is 42.1. The molecule has 1 aromatic carbocycles. The maximum absolute atomic E-state index is 12.4. The van der Waals surface area contributed by atoms with Gasteiger partial charge in [0.25, 0.3) is 0 Å². The Morgan fingerprint density at radius 1 is 1.17 bits per heavy atom. The minimum Gasteiger partial charge on any atom is -0.504 e. The summed E-state index contributed by atoms with van der Waals surface area (Å²) in [6.45, 7) is 5.45. The van der Waals surface area contributed by atoms with E-state index in [1.807, 2.05) is 20.8 Å². The molecule has 0 amide bonds. The average molecular weight is 262 g/mol. The quantitative estimate of drug-likeness (QED) is 0.878. The van der Waals surface area contributed by atoms with Crippen LogP contribution in [-0.2, 0) is 11.8 Å². The summed E-state index contributed by atoms with van der Waals surface area (Å²) in [5.74, 6) is -0.0300. The Labute approximate surface area is 104 Å². The molecular formula is C13H17F3O2. The molecular weight excluding hydrogens is 245 g/mol. The Bertz CT molecular complexity index is 431. The van der Waals surface area contributed by atoms with Crippen molar-refractivity contribution in [3.05, 3.63) is 23.3 Å². The van der Waals surface area contributed by atoms with Gasteiger partial charge in [-0.05, 0) is 17.0 Å². The zero-order valence-corrected chi connectivity index (χ0v) is 10.9. The van der Waals surface area contributed by atoms with Gasteiger partial charge in [0.2, 0.25) is 0 Å². The molecule has 1 rings (SSSR count). The fourth-order valence-corrected chi connectivity index (χ4v) is 1.73. The van der Waals surface area contributed by atoms with Gasteiger partial charge in [-0.25, -0.2) is 0 Å². The first-order valence-electron chi connectivity index (χ1n) is 5.51. The van der Waals surface area contributed by atoms with Gasteiger partial charge in [0, 0.05) is 5.56 Å². The summed E-state index contributed by atoms with van der Waals surface area (Å²) in [6.07, 6.45) is -5.32. The largest absolute Gasteiger partial charge is 0.504 e. The Kier molecular flexibility index (Phi) is 3.84. The highest BCUT2D eigenvalue weighted by Crippen LogP contribution is 2.39. The molecule has 102 valence electrons. The van der Waals surface area contributed by atoms with Crippen molar-refractivity contribution in [1.82, 2.24) is 0 Å². The maximum atomic E-state index is 12.4. The third-order valence-electron chi connectivity index (χ3n) is 2.57. The smallest absolute Gasteiger partial charge is 0.393 e. The molecule has 0 bridgehead atoms. The van der Waals surface area contributed by atoms with Gasteiger partial charge in [0.1, 0.15) is 0 Å². The summed E-state index contributed by atoms with van der Waals surface area (Å²) in [5, 5.41) is 9.94. The van der Waals surface area contributed by atoms with Crippen molar-refractivity contribution in [1.29, 1.82) is 0 Å². The van der Waals surface area contributed by atoms with Gasteiger partial charge < -0.3 is 9.84 Å². The monoisotopic (exact) mass is 262 g/mol. The van der Waals surface area contributed by atoms with Crippen molar-refractivity contribution >= 4 is 0 Å². The lowest BCUT2D eigenvalue weighted by atomic mass is 9.84. The van der Waals surface area contributed by atoms with Gasteiger partial charge in [-0.15, -0.1) is 0 Å². The number of methoxy groups -OCH3 is 1. The Hall–Kier alpha value is -1.39. The van der Waals surface area contributed by atoms with Crippen LogP contribution < -0.4 is 4.74 Å². The fourth-order valence-electron chi connectivity index (χ4n) is 1.73. The van der Waals surface area contributed by atoms with E-state index in [0.717, 1.165) is 0 Å². The van der Waals surface area contributed by atoms with Crippen molar-refractivity contribution < 1.29 is 23.0 Å². The van der Waals surface area contributed by atoms with E-state index < -0.39 is 18.0 Å². The van der Waals surface area contributed by atoms with E-state index in [1.54, 1.807) is 0 Å². The van der Waals surface area contributed by atoms with Crippen LogP contribution in [0.1, 0.15) is 31.9 Å². The zero-order chi connectivity index (χ0) is 14.1. The van der Waals surface area contributed by atoms with E-state index >= 15 is 0 Å². The van der Waals surface area contributed by atoms with Crippen LogP contribution in [0, 0.1) is 0 Å². The van der Waals surface area contributed by atoms with E-state index in [4.69, 9.17) is 4.74 Å². The molecule has 0 saturated carbocycles. The van der Waals surface area contributed by atoms with E-state index in [-0.39, 0.29) is 17.1 Å². The number of benzene rings is 1. The molecule has 0 fully saturated rings. The van der Waals surface area contributed by atoms with Crippen molar-refractivity contribution in [3.8, 4) is 11.5 Å². The lowest BCUT2D eigenvalue weighted by molar-refractivity contribution is -0.127. The highest BCUT2D eigenvalue weighted by molar-refractivity contribution is 5.51. The highest BCUT2D eigenvalue weighted by atomic mass is 19.4.